The monoisotopic (exact) mass is 303 g/mol. The first-order valence-electron chi connectivity index (χ1n) is 6.58. The van der Waals surface area contributed by atoms with Crippen LogP contribution in [0.5, 0.6) is 0 Å². The minimum absolute atomic E-state index is 0.268. The fourth-order valence-corrected chi connectivity index (χ4v) is 2.27. The molecule has 1 N–H and O–H groups in total. The van der Waals surface area contributed by atoms with E-state index >= 15 is 0 Å². The van der Waals surface area contributed by atoms with Crippen LogP contribution in [0.25, 0.3) is 0 Å². The Labute approximate surface area is 120 Å². The molecule has 0 spiro atoms. The molecule has 1 heterocycles. The van der Waals surface area contributed by atoms with E-state index in [1.54, 1.807) is 0 Å². The molecular formula is C14H16F3NO3. The van der Waals surface area contributed by atoms with Crippen LogP contribution in [0.2, 0.25) is 0 Å². The van der Waals surface area contributed by atoms with Gasteiger partial charge in [-0.2, -0.15) is 13.2 Å². The van der Waals surface area contributed by atoms with Gasteiger partial charge >= 0.3 is 12.1 Å². The number of alkyl halides is 3. The van der Waals surface area contributed by atoms with Crippen LogP contribution in [0.4, 0.5) is 13.2 Å². The van der Waals surface area contributed by atoms with Gasteiger partial charge in [-0.1, -0.05) is 12.1 Å². The van der Waals surface area contributed by atoms with E-state index in [4.69, 9.17) is 4.74 Å². The van der Waals surface area contributed by atoms with E-state index in [9.17, 15) is 23.1 Å². The van der Waals surface area contributed by atoms with E-state index in [0.29, 0.717) is 31.9 Å². The number of carboxylic acids is 1. The average molecular weight is 303 g/mol. The quantitative estimate of drug-likeness (QED) is 0.926. The molecule has 2 rings (SSSR count). The molecule has 1 aliphatic heterocycles. The molecule has 1 saturated heterocycles. The summed E-state index contributed by atoms with van der Waals surface area (Å²) >= 11 is 0. The Bertz CT molecular complexity index is 481. The summed E-state index contributed by atoms with van der Waals surface area (Å²) in [5.74, 6) is -1.88. The summed E-state index contributed by atoms with van der Waals surface area (Å²) in [5, 5.41) is 9.31. The lowest BCUT2D eigenvalue weighted by molar-refractivity contribution is -0.139. The Morgan fingerprint density at radius 3 is 2.29 bits per heavy atom. The number of hydrogen-bond acceptors (Lipinski definition) is 3. The number of nitrogens with zero attached hydrogens (tertiary/aromatic N) is 1. The minimum Gasteiger partial charge on any atom is -0.481 e. The molecule has 1 unspecified atom stereocenters. The second-order valence-corrected chi connectivity index (χ2v) is 4.92. The van der Waals surface area contributed by atoms with Crippen LogP contribution in [0, 0.1) is 0 Å². The number of ether oxygens (including phenoxy) is 1. The lowest BCUT2D eigenvalue weighted by atomic mass is 9.97. The Morgan fingerprint density at radius 2 is 1.81 bits per heavy atom. The molecule has 0 bridgehead atoms. The average Bonchev–Trinajstić information content (AvgIpc) is 2.45. The lowest BCUT2D eigenvalue weighted by Gasteiger charge is -2.29. The number of hydrogen-bond donors (Lipinski definition) is 1. The highest BCUT2D eigenvalue weighted by Gasteiger charge is 2.31. The number of rotatable bonds is 4. The molecule has 0 amide bonds. The molecule has 1 fully saturated rings. The lowest BCUT2D eigenvalue weighted by Crippen LogP contribution is -2.40. The number of benzene rings is 1. The number of morpholine rings is 1. The molecule has 21 heavy (non-hydrogen) atoms. The predicted octanol–water partition coefficient (Wildman–Crippen LogP) is 2.21. The van der Waals surface area contributed by atoms with Gasteiger partial charge in [0.1, 0.15) is 0 Å². The van der Waals surface area contributed by atoms with Gasteiger partial charge in [-0.3, -0.25) is 9.69 Å². The number of carboxylic acid groups (broad SMARTS) is 1. The standard InChI is InChI=1S/C14H16F3NO3/c15-14(16,17)11-3-1-10(2-4-11)12(13(19)20)9-18-5-7-21-8-6-18/h1-4,12H,5-9H2,(H,19,20). The zero-order chi connectivity index (χ0) is 15.5. The van der Waals surface area contributed by atoms with Gasteiger partial charge in [0.25, 0.3) is 0 Å². The van der Waals surface area contributed by atoms with Crippen molar-refractivity contribution in [1.82, 2.24) is 4.90 Å². The predicted molar refractivity (Wildman–Crippen MR) is 69.1 cm³/mol. The van der Waals surface area contributed by atoms with E-state index < -0.39 is 23.6 Å². The minimum atomic E-state index is -4.42. The molecule has 1 aromatic rings. The van der Waals surface area contributed by atoms with E-state index in [1.807, 2.05) is 4.90 Å². The van der Waals surface area contributed by atoms with Gasteiger partial charge in [0.15, 0.2) is 0 Å². The van der Waals surface area contributed by atoms with Crippen LogP contribution in [0.1, 0.15) is 17.0 Å². The maximum Gasteiger partial charge on any atom is 0.416 e. The molecule has 7 heteroatoms. The van der Waals surface area contributed by atoms with Crippen molar-refractivity contribution in [3.05, 3.63) is 35.4 Å². The van der Waals surface area contributed by atoms with Crippen molar-refractivity contribution in [3.8, 4) is 0 Å². The number of carbonyl (C=O) groups is 1. The van der Waals surface area contributed by atoms with Gasteiger partial charge in [0.05, 0.1) is 24.7 Å². The summed E-state index contributed by atoms with van der Waals surface area (Å²) < 4.78 is 42.7. The van der Waals surface area contributed by atoms with E-state index in [-0.39, 0.29) is 6.54 Å². The van der Waals surface area contributed by atoms with E-state index in [0.717, 1.165) is 12.1 Å². The maximum absolute atomic E-state index is 12.5. The smallest absolute Gasteiger partial charge is 0.416 e. The number of halogens is 3. The van der Waals surface area contributed by atoms with Gasteiger partial charge in [-0.25, -0.2) is 0 Å². The molecule has 4 nitrogen and oxygen atoms in total. The topological polar surface area (TPSA) is 49.8 Å². The van der Waals surface area contributed by atoms with Crippen LogP contribution < -0.4 is 0 Å². The third kappa shape index (κ3) is 4.18. The molecule has 1 aliphatic rings. The van der Waals surface area contributed by atoms with Crippen molar-refractivity contribution in [2.24, 2.45) is 0 Å². The Hall–Kier alpha value is -1.60. The Morgan fingerprint density at radius 1 is 1.24 bits per heavy atom. The van der Waals surface area contributed by atoms with Gasteiger partial charge < -0.3 is 9.84 Å². The van der Waals surface area contributed by atoms with E-state index in [1.165, 1.54) is 12.1 Å². The van der Waals surface area contributed by atoms with Crippen LogP contribution in [0.15, 0.2) is 24.3 Å². The molecule has 1 aromatic carbocycles. The van der Waals surface area contributed by atoms with Crippen molar-refractivity contribution in [2.45, 2.75) is 12.1 Å². The zero-order valence-electron chi connectivity index (χ0n) is 11.3. The largest absolute Gasteiger partial charge is 0.481 e. The second kappa shape index (κ2) is 6.44. The molecule has 116 valence electrons. The summed E-state index contributed by atoms with van der Waals surface area (Å²) in [6.45, 7) is 2.61. The van der Waals surface area contributed by atoms with Crippen LogP contribution >= 0.6 is 0 Å². The molecule has 0 radical (unpaired) electrons. The zero-order valence-corrected chi connectivity index (χ0v) is 11.3. The summed E-state index contributed by atoms with van der Waals surface area (Å²) in [6, 6.07) is 4.32. The normalized spacial score (nSPS) is 18.4. The molecule has 0 aliphatic carbocycles. The summed E-state index contributed by atoms with van der Waals surface area (Å²) in [4.78, 5) is 13.3. The first-order chi connectivity index (χ1) is 9.88. The van der Waals surface area contributed by atoms with Crippen molar-refractivity contribution in [1.29, 1.82) is 0 Å². The van der Waals surface area contributed by atoms with Gasteiger partial charge in [0.2, 0.25) is 0 Å². The van der Waals surface area contributed by atoms with Gasteiger partial charge in [-0.05, 0) is 17.7 Å². The fraction of sp³-hybridized carbons (Fsp3) is 0.500. The van der Waals surface area contributed by atoms with Gasteiger partial charge in [-0.15, -0.1) is 0 Å². The van der Waals surface area contributed by atoms with Crippen LogP contribution in [0.3, 0.4) is 0 Å². The summed E-state index contributed by atoms with van der Waals surface area (Å²) in [7, 11) is 0. The van der Waals surface area contributed by atoms with Crippen molar-refractivity contribution in [2.75, 3.05) is 32.8 Å². The first kappa shape index (κ1) is 15.8. The van der Waals surface area contributed by atoms with Crippen LogP contribution in [-0.2, 0) is 15.7 Å². The third-order valence-electron chi connectivity index (χ3n) is 3.48. The molecule has 0 saturated carbocycles. The summed E-state index contributed by atoms with van der Waals surface area (Å²) in [6.07, 6.45) is -4.42. The number of aliphatic carboxylic acids is 1. The van der Waals surface area contributed by atoms with Crippen molar-refractivity contribution >= 4 is 5.97 Å². The van der Waals surface area contributed by atoms with E-state index in [2.05, 4.69) is 0 Å². The highest BCUT2D eigenvalue weighted by atomic mass is 19.4. The molecule has 1 atom stereocenters. The Kier molecular flexibility index (Phi) is 4.84. The molecular weight excluding hydrogens is 287 g/mol. The maximum atomic E-state index is 12.5. The highest BCUT2D eigenvalue weighted by molar-refractivity contribution is 5.76. The summed E-state index contributed by atoms with van der Waals surface area (Å²) in [5.41, 5.74) is -0.399. The Balaban J connectivity index is 2.12. The van der Waals surface area contributed by atoms with Crippen LogP contribution in [-0.4, -0.2) is 48.8 Å². The third-order valence-corrected chi connectivity index (χ3v) is 3.48. The fourth-order valence-electron chi connectivity index (χ4n) is 2.27. The van der Waals surface area contributed by atoms with Crippen molar-refractivity contribution < 1.29 is 27.8 Å². The second-order valence-electron chi connectivity index (χ2n) is 4.92. The van der Waals surface area contributed by atoms with Gasteiger partial charge in [0, 0.05) is 19.6 Å². The highest BCUT2D eigenvalue weighted by Crippen LogP contribution is 2.30. The SMILES string of the molecule is O=C(O)C(CN1CCOCC1)c1ccc(C(F)(F)F)cc1. The first-order valence-corrected chi connectivity index (χ1v) is 6.58. The molecule has 0 aromatic heterocycles. The van der Waals surface area contributed by atoms with Crippen molar-refractivity contribution in [3.63, 3.8) is 0 Å².